The number of hydrogen-bond acceptors (Lipinski definition) is 4. The van der Waals surface area contributed by atoms with Crippen LogP contribution in [0.15, 0.2) is 28.1 Å². The van der Waals surface area contributed by atoms with Gasteiger partial charge in [0.05, 0.1) is 12.9 Å². The van der Waals surface area contributed by atoms with Gasteiger partial charge in [-0.05, 0) is 33.6 Å². The lowest BCUT2D eigenvalue weighted by Crippen LogP contribution is -2.02. The van der Waals surface area contributed by atoms with Gasteiger partial charge in [-0.3, -0.25) is 4.18 Å². The van der Waals surface area contributed by atoms with Gasteiger partial charge in [-0.2, -0.15) is 8.42 Å². The van der Waals surface area contributed by atoms with Gasteiger partial charge in [0, 0.05) is 19.9 Å². The SMILES string of the molecule is CS(=O)(=O)OCc1ccc2scc(Br)c2c1. The van der Waals surface area contributed by atoms with E-state index in [1.54, 1.807) is 11.3 Å². The molecule has 16 heavy (non-hydrogen) atoms. The third kappa shape index (κ3) is 2.82. The fraction of sp³-hybridized carbons (Fsp3) is 0.200. The highest BCUT2D eigenvalue weighted by Gasteiger charge is 2.05. The molecule has 2 rings (SSSR count). The Kier molecular flexibility index (Phi) is 3.34. The third-order valence-corrected chi connectivity index (χ3v) is 4.50. The maximum atomic E-state index is 10.9. The molecular formula is C10H9BrO3S2. The van der Waals surface area contributed by atoms with E-state index in [2.05, 4.69) is 15.9 Å². The van der Waals surface area contributed by atoms with E-state index in [1.165, 1.54) is 0 Å². The first-order valence-electron chi connectivity index (χ1n) is 4.46. The summed E-state index contributed by atoms with van der Waals surface area (Å²) >= 11 is 5.08. The highest BCUT2D eigenvalue weighted by Crippen LogP contribution is 2.31. The van der Waals surface area contributed by atoms with Gasteiger partial charge in [0.2, 0.25) is 0 Å². The van der Waals surface area contributed by atoms with Gasteiger partial charge in [0.25, 0.3) is 10.1 Å². The second-order valence-corrected chi connectivity index (χ2v) is 6.79. The molecule has 0 N–H and O–H groups in total. The Balaban J connectivity index is 2.29. The Labute approximate surface area is 106 Å². The van der Waals surface area contributed by atoms with E-state index in [1.807, 2.05) is 23.6 Å². The molecule has 86 valence electrons. The average Bonchev–Trinajstić information content (AvgIpc) is 2.56. The van der Waals surface area contributed by atoms with Crippen LogP contribution in [-0.4, -0.2) is 14.7 Å². The van der Waals surface area contributed by atoms with Crippen molar-refractivity contribution in [3.05, 3.63) is 33.6 Å². The second kappa shape index (κ2) is 4.44. The lowest BCUT2D eigenvalue weighted by Gasteiger charge is -2.01. The monoisotopic (exact) mass is 320 g/mol. The average molecular weight is 321 g/mol. The Morgan fingerprint density at radius 2 is 2.19 bits per heavy atom. The van der Waals surface area contributed by atoms with Crippen LogP contribution in [0.1, 0.15) is 5.56 Å². The molecule has 0 saturated heterocycles. The first-order valence-corrected chi connectivity index (χ1v) is 7.95. The third-order valence-electron chi connectivity index (χ3n) is 2.03. The molecule has 0 aliphatic rings. The van der Waals surface area contributed by atoms with Gasteiger partial charge in [0.1, 0.15) is 0 Å². The van der Waals surface area contributed by atoms with Gasteiger partial charge in [0.15, 0.2) is 0 Å². The van der Waals surface area contributed by atoms with E-state index < -0.39 is 10.1 Å². The quantitative estimate of drug-likeness (QED) is 0.816. The van der Waals surface area contributed by atoms with Crippen LogP contribution < -0.4 is 0 Å². The largest absolute Gasteiger partial charge is 0.265 e. The second-order valence-electron chi connectivity index (χ2n) is 3.38. The summed E-state index contributed by atoms with van der Waals surface area (Å²) in [7, 11) is -3.38. The number of fused-ring (bicyclic) bond motifs is 1. The van der Waals surface area contributed by atoms with E-state index in [-0.39, 0.29) is 6.61 Å². The van der Waals surface area contributed by atoms with Crippen molar-refractivity contribution in [1.82, 2.24) is 0 Å². The standard InChI is InChI=1S/C10H9BrO3S2/c1-16(12,13)14-5-7-2-3-10-8(4-7)9(11)6-15-10/h2-4,6H,5H2,1H3. The number of thiophene rings is 1. The fourth-order valence-corrected chi connectivity index (χ4v) is 3.20. The number of hydrogen-bond donors (Lipinski definition) is 0. The summed E-state index contributed by atoms with van der Waals surface area (Å²) in [4.78, 5) is 0. The highest BCUT2D eigenvalue weighted by molar-refractivity contribution is 9.10. The molecule has 0 spiro atoms. The summed E-state index contributed by atoms with van der Waals surface area (Å²) in [6.45, 7) is 0.0804. The predicted octanol–water partition coefficient (Wildman–Crippen LogP) is 3.14. The maximum Gasteiger partial charge on any atom is 0.264 e. The first-order chi connectivity index (χ1) is 7.46. The van der Waals surface area contributed by atoms with E-state index in [0.29, 0.717) is 0 Å². The Bertz CT molecular complexity index is 616. The molecule has 0 atom stereocenters. The van der Waals surface area contributed by atoms with Crippen LogP contribution in [0.25, 0.3) is 10.1 Å². The van der Waals surface area contributed by atoms with Crippen molar-refractivity contribution in [2.45, 2.75) is 6.61 Å². The zero-order valence-corrected chi connectivity index (χ0v) is 11.7. The Morgan fingerprint density at radius 3 is 2.88 bits per heavy atom. The predicted molar refractivity (Wildman–Crippen MR) is 69.2 cm³/mol. The Hall–Kier alpha value is -0.430. The number of benzene rings is 1. The van der Waals surface area contributed by atoms with E-state index >= 15 is 0 Å². The fourth-order valence-electron chi connectivity index (χ4n) is 1.31. The van der Waals surface area contributed by atoms with Gasteiger partial charge >= 0.3 is 0 Å². The minimum absolute atomic E-state index is 0.0804. The van der Waals surface area contributed by atoms with Crippen molar-refractivity contribution in [3.63, 3.8) is 0 Å². The van der Waals surface area contributed by atoms with Gasteiger partial charge in [-0.15, -0.1) is 11.3 Å². The normalized spacial score (nSPS) is 12.1. The van der Waals surface area contributed by atoms with Crippen LogP contribution in [0.3, 0.4) is 0 Å². The van der Waals surface area contributed by atoms with Crippen molar-refractivity contribution >= 4 is 47.5 Å². The van der Waals surface area contributed by atoms with Crippen LogP contribution in [0, 0.1) is 0 Å². The summed E-state index contributed by atoms with van der Waals surface area (Å²) in [6, 6.07) is 5.77. The molecule has 3 nitrogen and oxygen atoms in total. The van der Waals surface area contributed by atoms with E-state index in [9.17, 15) is 8.42 Å². The summed E-state index contributed by atoms with van der Waals surface area (Å²) < 4.78 is 28.6. The summed E-state index contributed by atoms with van der Waals surface area (Å²) in [5, 5.41) is 3.09. The topological polar surface area (TPSA) is 43.4 Å². The van der Waals surface area contributed by atoms with Crippen LogP contribution in [0.4, 0.5) is 0 Å². The molecule has 1 aromatic carbocycles. The van der Waals surface area contributed by atoms with Crippen molar-refractivity contribution in [2.75, 3.05) is 6.26 Å². The highest BCUT2D eigenvalue weighted by atomic mass is 79.9. The van der Waals surface area contributed by atoms with Crippen LogP contribution >= 0.6 is 27.3 Å². The Morgan fingerprint density at radius 1 is 1.44 bits per heavy atom. The van der Waals surface area contributed by atoms with Gasteiger partial charge in [-0.1, -0.05) is 6.07 Å². The molecule has 0 radical (unpaired) electrons. The van der Waals surface area contributed by atoms with Crippen LogP contribution in [-0.2, 0) is 20.9 Å². The summed E-state index contributed by atoms with van der Waals surface area (Å²) in [5.41, 5.74) is 0.844. The van der Waals surface area contributed by atoms with E-state index in [4.69, 9.17) is 4.18 Å². The molecule has 0 aliphatic carbocycles. The maximum absolute atomic E-state index is 10.9. The molecule has 0 aliphatic heterocycles. The van der Waals surface area contributed by atoms with Crippen molar-refractivity contribution in [1.29, 1.82) is 0 Å². The summed E-state index contributed by atoms with van der Waals surface area (Å²) in [5.74, 6) is 0. The number of halogens is 1. The minimum atomic E-state index is -3.38. The molecule has 0 amide bonds. The minimum Gasteiger partial charge on any atom is -0.265 e. The molecular weight excluding hydrogens is 312 g/mol. The lowest BCUT2D eigenvalue weighted by molar-refractivity contribution is 0.312. The smallest absolute Gasteiger partial charge is 0.264 e. The molecule has 1 heterocycles. The van der Waals surface area contributed by atoms with Gasteiger partial charge < -0.3 is 0 Å². The van der Waals surface area contributed by atoms with Gasteiger partial charge in [-0.25, -0.2) is 0 Å². The van der Waals surface area contributed by atoms with Crippen LogP contribution in [0.2, 0.25) is 0 Å². The zero-order valence-electron chi connectivity index (χ0n) is 8.44. The first kappa shape index (κ1) is 12.0. The number of rotatable bonds is 3. The van der Waals surface area contributed by atoms with E-state index in [0.717, 1.165) is 26.4 Å². The molecule has 6 heteroatoms. The zero-order chi connectivity index (χ0) is 11.8. The molecule has 0 bridgehead atoms. The molecule has 1 aromatic heterocycles. The molecule has 0 saturated carbocycles. The summed E-state index contributed by atoms with van der Waals surface area (Å²) in [6.07, 6.45) is 1.05. The molecule has 0 fully saturated rings. The molecule has 2 aromatic rings. The van der Waals surface area contributed by atoms with Crippen molar-refractivity contribution < 1.29 is 12.6 Å². The van der Waals surface area contributed by atoms with Crippen LogP contribution in [0.5, 0.6) is 0 Å². The lowest BCUT2D eigenvalue weighted by atomic mass is 10.2. The molecule has 0 unspecified atom stereocenters. The van der Waals surface area contributed by atoms with Crippen molar-refractivity contribution in [3.8, 4) is 0 Å². The van der Waals surface area contributed by atoms with Crippen molar-refractivity contribution in [2.24, 2.45) is 0 Å².